The van der Waals surface area contributed by atoms with Crippen LogP contribution in [0.2, 0.25) is 0 Å². The van der Waals surface area contributed by atoms with Gasteiger partial charge in [0.25, 0.3) is 0 Å². The van der Waals surface area contributed by atoms with Crippen LogP contribution in [0.5, 0.6) is 0 Å². The Bertz CT molecular complexity index is 438. The van der Waals surface area contributed by atoms with E-state index < -0.39 is 0 Å². The Kier molecular flexibility index (Phi) is 3.28. The van der Waals surface area contributed by atoms with Crippen LogP contribution >= 0.6 is 23.1 Å². The third-order valence-electron chi connectivity index (χ3n) is 2.09. The van der Waals surface area contributed by atoms with E-state index in [9.17, 15) is 0 Å². The van der Waals surface area contributed by atoms with E-state index in [1.54, 1.807) is 23.1 Å². The molecule has 0 bridgehead atoms. The van der Waals surface area contributed by atoms with Crippen molar-refractivity contribution in [3.8, 4) is 0 Å². The van der Waals surface area contributed by atoms with Gasteiger partial charge in [-0.3, -0.25) is 0 Å². The van der Waals surface area contributed by atoms with Crippen molar-refractivity contribution in [1.82, 2.24) is 4.98 Å². The molecular weight excluding hydrogens is 224 g/mol. The van der Waals surface area contributed by atoms with E-state index in [1.807, 2.05) is 24.6 Å². The summed E-state index contributed by atoms with van der Waals surface area (Å²) in [6.45, 7) is 2.03. The highest BCUT2D eigenvalue weighted by atomic mass is 32.2. The zero-order chi connectivity index (χ0) is 10.7. The third kappa shape index (κ3) is 2.73. The number of anilines is 1. The fourth-order valence-electron chi connectivity index (χ4n) is 1.21. The van der Waals surface area contributed by atoms with Crippen molar-refractivity contribution in [2.24, 2.45) is 0 Å². The number of thiazole rings is 1. The van der Waals surface area contributed by atoms with Crippen molar-refractivity contribution >= 4 is 28.8 Å². The number of nitrogens with zero attached hydrogens (tertiary/aromatic N) is 1. The number of thioether (sulfide) groups is 1. The number of benzene rings is 1. The van der Waals surface area contributed by atoms with Gasteiger partial charge in [0, 0.05) is 22.2 Å². The van der Waals surface area contributed by atoms with Crippen molar-refractivity contribution in [3.05, 3.63) is 40.3 Å². The Morgan fingerprint density at radius 1 is 1.47 bits per heavy atom. The summed E-state index contributed by atoms with van der Waals surface area (Å²) in [5.41, 5.74) is 7.75. The van der Waals surface area contributed by atoms with E-state index in [2.05, 4.69) is 17.1 Å². The predicted molar refractivity (Wildman–Crippen MR) is 67.3 cm³/mol. The van der Waals surface area contributed by atoms with Crippen LogP contribution in [0.15, 0.2) is 34.7 Å². The van der Waals surface area contributed by atoms with Gasteiger partial charge in [0.05, 0.1) is 5.75 Å². The Morgan fingerprint density at radius 3 is 3.00 bits per heavy atom. The molecule has 1 heterocycles. The van der Waals surface area contributed by atoms with Crippen LogP contribution in [0, 0.1) is 6.92 Å². The third-order valence-corrected chi connectivity index (χ3v) is 4.05. The molecule has 2 N–H and O–H groups in total. The van der Waals surface area contributed by atoms with E-state index in [4.69, 9.17) is 5.73 Å². The molecule has 2 rings (SSSR count). The van der Waals surface area contributed by atoms with Crippen LogP contribution in [0.3, 0.4) is 0 Å². The van der Waals surface area contributed by atoms with Crippen LogP contribution in [-0.4, -0.2) is 4.98 Å². The number of rotatable bonds is 3. The predicted octanol–water partition coefficient (Wildman–Crippen LogP) is 3.33. The summed E-state index contributed by atoms with van der Waals surface area (Å²) < 4.78 is 0. The molecule has 0 saturated carbocycles. The molecule has 0 saturated heterocycles. The van der Waals surface area contributed by atoms with Gasteiger partial charge in [-0.05, 0) is 30.7 Å². The lowest BCUT2D eigenvalue weighted by Gasteiger charge is -2.03. The Morgan fingerprint density at radius 2 is 2.33 bits per heavy atom. The van der Waals surface area contributed by atoms with Gasteiger partial charge in [0.15, 0.2) is 0 Å². The van der Waals surface area contributed by atoms with Gasteiger partial charge in [0.1, 0.15) is 5.01 Å². The zero-order valence-corrected chi connectivity index (χ0v) is 10.1. The number of nitrogen functional groups attached to an aromatic ring is 1. The summed E-state index contributed by atoms with van der Waals surface area (Å²) in [6.07, 6.45) is 1.84. The second-order valence-corrected chi connectivity index (χ2v) is 5.26. The quantitative estimate of drug-likeness (QED) is 0.656. The maximum atomic E-state index is 5.76. The van der Waals surface area contributed by atoms with Gasteiger partial charge in [-0.1, -0.05) is 0 Å². The molecule has 2 aromatic rings. The first kappa shape index (κ1) is 10.5. The van der Waals surface area contributed by atoms with Gasteiger partial charge in [-0.25, -0.2) is 4.98 Å². The zero-order valence-electron chi connectivity index (χ0n) is 8.43. The highest BCUT2D eigenvalue weighted by molar-refractivity contribution is 7.98. The molecule has 0 atom stereocenters. The number of aromatic nitrogens is 1. The second-order valence-electron chi connectivity index (χ2n) is 3.23. The minimum atomic E-state index is 0.855. The molecule has 0 fully saturated rings. The van der Waals surface area contributed by atoms with Gasteiger partial charge in [-0.2, -0.15) is 0 Å². The lowest BCUT2D eigenvalue weighted by atomic mass is 10.2. The van der Waals surface area contributed by atoms with Crippen LogP contribution in [0.1, 0.15) is 10.6 Å². The topological polar surface area (TPSA) is 38.9 Å². The minimum absolute atomic E-state index is 0.855. The van der Waals surface area contributed by atoms with E-state index in [1.165, 1.54) is 4.90 Å². The lowest BCUT2D eigenvalue weighted by Crippen LogP contribution is -1.88. The largest absolute Gasteiger partial charge is 0.399 e. The molecule has 0 radical (unpaired) electrons. The van der Waals surface area contributed by atoms with Gasteiger partial charge in [0.2, 0.25) is 0 Å². The smallest absolute Gasteiger partial charge is 0.103 e. The monoisotopic (exact) mass is 236 g/mol. The number of hydrogen-bond donors (Lipinski definition) is 1. The molecule has 1 aromatic carbocycles. The van der Waals surface area contributed by atoms with E-state index in [0.717, 1.165) is 22.0 Å². The van der Waals surface area contributed by atoms with Crippen LogP contribution < -0.4 is 5.73 Å². The molecule has 0 aliphatic carbocycles. The molecule has 0 spiro atoms. The van der Waals surface area contributed by atoms with Crippen molar-refractivity contribution in [3.63, 3.8) is 0 Å². The van der Waals surface area contributed by atoms with Gasteiger partial charge in [-0.15, -0.1) is 23.1 Å². The molecule has 0 amide bonds. The second kappa shape index (κ2) is 4.68. The van der Waals surface area contributed by atoms with E-state index in [0.29, 0.717) is 0 Å². The maximum absolute atomic E-state index is 5.76. The molecule has 78 valence electrons. The maximum Gasteiger partial charge on any atom is 0.103 e. The molecule has 1 aromatic heterocycles. The molecule has 4 heteroatoms. The van der Waals surface area contributed by atoms with Crippen LogP contribution in [0.25, 0.3) is 0 Å². The summed E-state index contributed by atoms with van der Waals surface area (Å²) >= 11 is 3.49. The van der Waals surface area contributed by atoms with Crippen molar-refractivity contribution < 1.29 is 0 Å². The van der Waals surface area contributed by atoms with Crippen LogP contribution in [-0.2, 0) is 5.75 Å². The number of nitrogens with two attached hydrogens (primary N) is 1. The molecular formula is C11H12N2S2. The average molecular weight is 236 g/mol. The molecule has 15 heavy (non-hydrogen) atoms. The van der Waals surface area contributed by atoms with E-state index >= 15 is 0 Å². The lowest BCUT2D eigenvalue weighted by molar-refractivity contribution is 1.26. The van der Waals surface area contributed by atoms with Crippen molar-refractivity contribution in [2.75, 3.05) is 5.73 Å². The standard InChI is InChI=1S/C11H12N2S2/c1-8-6-9(2-3-10(8)12)15-7-11-13-4-5-14-11/h2-6H,7,12H2,1H3. The van der Waals surface area contributed by atoms with Crippen molar-refractivity contribution in [1.29, 1.82) is 0 Å². The fourth-order valence-corrected chi connectivity index (χ4v) is 2.85. The molecule has 2 nitrogen and oxygen atoms in total. The Labute approximate surface area is 97.5 Å². The van der Waals surface area contributed by atoms with Crippen molar-refractivity contribution in [2.45, 2.75) is 17.6 Å². The number of hydrogen-bond acceptors (Lipinski definition) is 4. The Balaban J connectivity index is 2.02. The normalized spacial score (nSPS) is 10.5. The minimum Gasteiger partial charge on any atom is -0.399 e. The number of aryl methyl sites for hydroxylation is 1. The van der Waals surface area contributed by atoms with Crippen LogP contribution in [0.4, 0.5) is 5.69 Å². The highest BCUT2D eigenvalue weighted by Crippen LogP contribution is 2.26. The average Bonchev–Trinajstić information content (AvgIpc) is 2.73. The summed E-state index contributed by atoms with van der Waals surface area (Å²) in [5.74, 6) is 0.932. The first-order valence-corrected chi connectivity index (χ1v) is 6.49. The molecule has 0 unspecified atom stereocenters. The SMILES string of the molecule is Cc1cc(SCc2nccs2)ccc1N. The van der Waals surface area contributed by atoms with Gasteiger partial charge < -0.3 is 5.73 Å². The summed E-state index contributed by atoms with van der Waals surface area (Å²) in [6, 6.07) is 6.13. The first-order valence-electron chi connectivity index (χ1n) is 4.63. The molecule has 0 aliphatic rings. The molecule has 0 aliphatic heterocycles. The summed E-state index contributed by atoms with van der Waals surface area (Å²) in [7, 11) is 0. The summed E-state index contributed by atoms with van der Waals surface area (Å²) in [4.78, 5) is 5.49. The van der Waals surface area contributed by atoms with Gasteiger partial charge >= 0.3 is 0 Å². The highest BCUT2D eigenvalue weighted by Gasteiger charge is 2.00. The summed E-state index contributed by atoms with van der Waals surface area (Å²) in [5, 5.41) is 3.17. The Hall–Kier alpha value is -1.00. The fraction of sp³-hybridized carbons (Fsp3) is 0.182. The van der Waals surface area contributed by atoms with E-state index in [-0.39, 0.29) is 0 Å². The first-order chi connectivity index (χ1) is 7.25.